The normalized spacial score (nSPS) is 15.7. The number of benzene rings is 2. The highest BCUT2D eigenvalue weighted by atomic mass is 32.2. The van der Waals surface area contributed by atoms with Gasteiger partial charge in [-0.25, -0.2) is 9.57 Å². The molecular formula is C29H36N8O4S. The van der Waals surface area contributed by atoms with Gasteiger partial charge in [0.25, 0.3) is 0 Å². The quantitative estimate of drug-likeness (QED) is 0.137. The lowest BCUT2D eigenvalue weighted by Crippen LogP contribution is -2.44. The van der Waals surface area contributed by atoms with Crippen LogP contribution in [0.4, 0.5) is 23.1 Å². The van der Waals surface area contributed by atoms with Crippen LogP contribution >= 0.6 is 12.0 Å². The molecule has 0 unspecified atom stereocenters. The van der Waals surface area contributed by atoms with Crippen LogP contribution in [0.25, 0.3) is 11.0 Å². The largest absolute Gasteiger partial charge is 0.497 e. The molecule has 13 heteroatoms. The van der Waals surface area contributed by atoms with Crippen molar-refractivity contribution in [1.82, 2.24) is 24.6 Å². The Hall–Kier alpha value is -3.78. The molecule has 3 heterocycles. The van der Waals surface area contributed by atoms with Crippen LogP contribution in [0.15, 0.2) is 47.5 Å². The number of hydrogen-bond donors (Lipinski definition) is 2. The third-order valence-corrected chi connectivity index (χ3v) is 8.11. The van der Waals surface area contributed by atoms with E-state index in [0.717, 1.165) is 67.7 Å². The van der Waals surface area contributed by atoms with Crippen molar-refractivity contribution < 1.29 is 18.7 Å². The molecule has 2 fully saturated rings. The van der Waals surface area contributed by atoms with Crippen molar-refractivity contribution in [2.75, 3.05) is 70.1 Å². The highest BCUT2D eigenvalue weighted by molar-refractivity contribution is 7.94. The van der Waals surface area contributed by atoms with Crippen LogP contribution in [-0.4, -0.2) is 85.2 Å². The van der Waals surface area contributed by atoms with Crippen molar-refractivity contribution in [1.29, 1.82) is 0 Å². The molecule has 4 aromatic rings. The van der Waals surface area contributed by atoms with E-state index < -0.39 is 0 Å². The van der Waals surface area contributed by atoms with Gasteiger partial charge in [-0.05, 0) is 56.3 Å². The summed E-state index contributed by atoms with van der Waals surface area (Å²) in [5.74, 6) is 2.60. The van der Waals surface area contributed by atoms with E-state index in [1.54, 1.807) is 14.2 Å². The van der Waals surface area contributed by atoms with Gasteiger partial charge < -0.3 is 29.9 Å². The molecule has 1 saturated heterocycles. The molecule has 6 rings (SSSR count). The second-order valence-corrected chi connectivity index (χ2v) is 11.1. The van der Waals surface area contributed by atoms with Gasteiger partial charge in [-0.1, -0.05) is 0 Å². The summed E-state index contributed by atoms with van der Waals surface area (Å²) in [5, 5.41) is 13.2. The molecule has 222 valence electrons. The van der Waals surface area contributed by atoms with Gasteiger partial charge in [-0.3, -0.25) is 0 Å². The first-order valence-corrected chi connectivity index (χ1v) is 14.7. The minimum atomic E-state index is 0.366. The molecule has 2 aromatic carbocycles. The second kappa shape index (κ2) is 12.6. The van der Waals surface area contributed by atoms with Crippen LogP contribution in [-0.2, 0) is 15.8 Å². The van der Waals surface area contributed by atoms with E-state index >= 15 is 0 Å². The van der Waals surface area contributed by atoms with Gasteiger partial charge in [0.2, 0.25) is 5.95 Å². The predicted molar refractivity (Wildman–Crippen MR) is 164 cm³/mol. The molecule has 12 nitrogen and oxygen atoms in total. The molecule has 0 amide bonds. The van der Waals surface area contributed by atoms with Crippen LogP contribution in [0.2, 0.25) is 0 Å². The molecule has 2 aromatic heterocycles. The average molecular weight is 593 g/mol. The number of likely N-dealkylation sites (N-methyl/N-ethyl adjacent to an activating group) is 1. The number of piperazine rings is 1. The van der Waals surface area contributed by atoms with Crippen molar-refractivity contribution >= 4 is 46.2 Å². The first-order valence-electron chi connectivity index (χ1n) is 14.0. The van der Waals surface area contributed by atoms with Gasteiger partial charge in [0.05, 0.1) is 45.3 Å². The third kappa shape index (κ3) is 6.33. The summed E-state index contributed by atoms with van der Waals surface area (Å²) < 4.78 is 18.1. The molecule has 2 aliphatic rings. The SMILES string of the molecule is COOSc1nn(Cc2ccc(OC)cc2OC)c2nc(Nc3ccc(N4CCN(C)CC4)cc3)nc(NC3CC3)c12. The van der Waals surface area contributed by atoms with Crippen LogP contribution in [0.3, 0.4) is 0 Å². The van der Waals surface area contributed by atoms with Crippen LogP contribution in [0.1, 0.15) is 18.4 Å². The summed E-state index contributed by atoms with van der Waals surface area (Å²) in [4.78, 5) is 19.5. The maximum Gasteiger partial charge on any atom is 0.231 e. The van der Waals surface area contributed by atoms with Gasteiger partial charge in [-0.2, -0.15) is 19.4 Å². The number of ether oxygens (including phenoxy) is 2. The number of fused-ring (bicyclic) bond motifs is 1. The zero-order chi connectivity index (χ0) is 29.1. The van der Waals surface area contributed by atoms with Crippen LogP contribution < -0.4 is 25.0 Å². The van der Waals surface area contributed by atoms with Crippen molar-refractivity contribution in [3.05, 3.63) is 48.0 Å². The van der Waals surface area contributed by atoms with E-state index in [1.807, 2.05) is 22.9 Å². The van der Waals surface area contributed by atoms with Crippen molar-refractivity contribution in [3.63, 3.8) is 0 Å². The lowest BCUT2D eigenvalue weighted by molar-refractivity contribution is -0.160. The molecule has 1 saturated carbocycles. The molecule has 1 aliphatic carbocycles. The Morgan fingerprint density at radius 1 is 0.952 bits per heavy atom. The van der Waals surface area contributed by atoms with Crippen molar-refractivity contribution in [2.24, 2.45) is 0 Å². The summed E-state index contributed by atoms with van der Waals surface area (Å²) in [7, 11) is 6.91. The molecule has 1 aliphatic heterocycles. The Morgan fingerprint density at radius 3 is 2.43 bits per heavy atom. The third-order valence-electron chi connectivity index (χ3n) is 7.47. The summed E-state index contributed by atoms with van der Waals surface area (Å²) in [5.41, 5.74) is 3.71. The Kier molecular flexibility index (Phi) is 8.51. The molecule has 0 radical (unpaired) electrons. The molecule has 0 atom stereocenters. The number of anilines is 4. The Labute approximate surface area is 249 Å². The van der Waals surface area contributed by atoms with Gasteiger partial charge >= 0.3 is 0 Å². The molecular weight excluding hydrogens is 556 g/mol. The topological polar surface area (TPSA) is 111 Å². The summed E-state index contributed by atoms with van der Waals surface area (Å²) in [6.45, 7) is 4.59. The standard InChI is InChI=1S/C29H36N8O4S/c1-35-13-15-36(16-14-35)22-10-8-21(9-11-22)31-29-32-26(30-20-6-7-20)25-27(33-29)37(34-28(25)42-41-40-4)18-19-5-12-23(38-2)17-24(19)39-3/h5,8-12,17,20H,6-7,13-16,18H2,1-4H3,(H2,30,31,32,33). The minimum absolute atomic E-state index is 0.366. The fourth-order valence-electron chi connectivity index (χ4n) is 4.95. The number of rotatable bonds is 12. The van der Waals surface area contributed by atoms with E-state index in [9.17, 15) is 0 Å². The maximum absolute atomic E-state index is 5.66. The summed E-state index contributed by atoms with van der Waals surface area (Å²) >= 11 is 1.03. The number of hydrogen-bond acceptors (Lipinski definition) is 12. The lowest BCUT2D eigenvalue weighted by atomic mass is 10.2. The monoisotopic (exact) mass is 592 g/mol. The van der Waals surface area contributed by atoms with Crippen LogP contribution in [0, 0.1) is 0 Å². The molecule has 0 spiro atoms. The highest BCUT2D eigenvalue weighted by Gasteiger charge is 2.27. The number of nitrogens with zero attached hydrogens (tertiary/aromatic N) is 6. The smallest absolute Gasteiger partial charge is 0.231 e. The predicted octanol–water partition coefficient (Wildman–Crippen LogP) is 4.55. The Morgan fingerprint density at radius 2 is 1.74 bits per heavy atom. The number of methoxy groups -OCH3 is 2. The minimum Gasteiger partial charge on any atom is -0.497 e. The van der Waals surface area contributed by atoms with Crippen molar-refractivity contribution in [2.45, 2.75) is 30.5 Å². The second-order valence-electron chi connectivity index (χ2n) is 10.4. The van der Waals surface area contributed by atoms with Gasteiger partial charge in [0, 0.05) is 55.2 Å². The molecule has 0 bridgehead atoms. The lowest BCUT2D eigenvalue weighted by Gasteiger charge is -2.34. The summed E-state index contributed by atoms with van der Waals surface area (Å²) in [6, 6.07) is 14.5. The number of aromatic nitrogens is 4. The first kappa shape index (κ1) is 28.3. The fraction of sp³-hybridized carbons (Fsp3) is 0.414. The van der Waals surface area contributed by atoms with Crippen LogP contribution in [0.5, 0.6) is 11.5 Å². The van der Waals surface area contributed by atoms with Gasteiger partial charge in [0.15, 0.2) is 10.7 Å². The van der Waals surface area contributed by atoms with Gasteiger partial charge in [0.1, 0.15) is 17.3 Å². The highest BCUT2D eigenvalue weighted by Crippen LogP contribution is 2.37. The maximum atomic E-state index is 5.66. The number of nitrogens with one attached hydrogen (secondary N) is 2. The van der Waals surface area contributed by atoms with Gasteiger partial charge in [-0.15, -0.1) is 0 Å². The van der Waals surface area contributed by atoms with Crippen molar-refractivity contribution in [3.8, 4) is 11.5 Å². The van der Waals surface area contributed by atoms with E-state index in [-0.39, 0.29) is 0 Å². The van der Waals surface area contributed by atoms with E-state index in [4.69, 9.17) is 33.8 Å². The molecule has 42 heavy (non-hydrogen) atoms. The zero-order valence-electron chi connectivity index (χ0n) is 24.3. The Bertz CT molecular complexity index is 1520. The first-order chi connectivity index (χ1) is 20.5. The van der Waals surface area contributed by atoms with E-state index in [1.165, 1.54) is 12.8 Å². The van der Waals surface area contributed by atoms with E-state index in [0.29, 0.717) is 46.5 Å². The molecule has 2 N–H and O–H groups in total. The van der Waals surface area contributed by atoms with E-state index in [2.05, 4.69) is 51.7 Å². The fourth-order valence-corrected chi connectivity index (χ4v) is 5.48. The average Bonchev–Trinajstić information content (AvgIpc) is 3.77. The Balaban J connectivity index is 1.35. The zero-order valence-corrected chi connectivity index (χ0v) is 25.1. The summed E-state index contributed by atoms with van der Waals surface area (Å²) in [6.07, 6.45) is 2.19.